The SMILES string of the molecule is COc1ccc(F)cc1C(c1cccc(Cl)c1)N1CCC(C(=O)O)CC1. The number of methoxy groups -OCH3 is 1. The molecule has 2 aromatic rings. The molecule has 0 spiro atoms. The summed E-state index contributed by atoms with van der Waals surface area (Å²) in [5.74, 6) is -0.835. The van der Waals surface area contributed by atoms with Crippen LogP contribution in [0.1, 0.15) is 30.0 Å². The minimum absolute atomic E-state index is 0.255. The number of carbonyl (C=O) groups is 1. The second kappa shape index (κ2) is 8.06. The van der Waals surface area contributed by atoms with Crippen molar-refractivity contribution in [1.29, 1.82) is 0 Å². The fraction of sp³-hybridized carbons (Fsp3) is 0.350. The molecular formula is C20H21ClFNO3. The predicted octanol–water partition coefficient (Wildman–Crippen LogP) is 4.37. The van der Waals surface area contributed by atoms with Crippen molar-refractivity contribution in [2.75, 3.05) is 20.2 Å². The summed E-state index contributed by atoms with van der Waals surface area (Å²) < 4.78 is 19.5. The van der Waals surface area contributed by atoms with E-state index in [1.54, 1.807) is 19.2 Å². The first kappa shape index (κ1) is 18.7. The van der Waals surface area contributed by atoms with Crippen LogP contribution in [0, 0.1) is 11.7 Å². The summed E-state index contributed by atoms with van der Waals surface area (Å²) in [7, 11) is 1.56. The first-order chi connectivity index (χ1) is 12.5. The number of likely N-dealkylation sites (tertiary alicyclic amines) is 1. The van der Waals surface area contributed by atoms with Gasteiger partial charge in [0, 0.05) is 10.6 Å². The molecule has 26 heavy (non-hydrogen) atoms. The summed E-state index contributed by atoms with van der Waals surface area (Å²) in [6, 6.07) is 11.7. The van der Waals surface area contributed by atoms with E-state index in [9.17, 15) is 14.3 Å². The molecule has 2 aromatic carbocycles. The Morgan fingerprint density at radius 1 is 1.27 bits per heavy atom. The molecule has 1 atom stereocenters. The Kier molecular flexibility index (Phi) is 5.79. The van der Waals surface area contributed by atoms with Gasteiger partial charge in [-0.3, -0.25) is 9.69 Å². The molecule has 6 heteroatoms. The van der Waals surface area contributed by atoms with E-state index in [-0.39, 0.29) is 17.8 Å². The molecule has 0 amide bonds. The lowest BCUT2D eigenvalue weighted by Gasteiger charge is -2.37. The summed E-state index contributed by atoms with van der Waals surface area (Å²) in [6.45, 7) is 1.21. The van der Waals surface area contributed by atoms with Crippen LogP contribution in [-0.4, -0.2) is 36.2 Å². The number of piperidine rings is 1. The Hall–Kier alpha value is -2.11. The van der Waals surface area contributed by atoms with Gasteiger partial charge in [-0.1, -0.05) is 23.7 Å². The summed E-state index contributed by atoms with van der Waals surface area (Å²) in [5, 5.41) is 9.85. The van der Waals surface area contributed by atoms with Gasteiger partial charge in [0.25, 0.3) is 0 Å². The number of rotatable bonds is 5. The van der Waals surface area contributed by atoms with E-state index in [4.69, 9.17) is 16.3 Å². The first-order valence-corrected chi connectivity index (χ1v) is 8.93. The highest BCUT2D eigenvalue weighted by Gasteiger charge is 2.31. The zero-order valence-electron chi connectivity index (χ0n) is 14.5. The van der Waals surface area contributed by atoms with Crippen molar-refractivity contribution in [2.45, 2.75) is 18.9 Å². The lowest BCUT2D eigenvalue weighted by Crippen LogP contribution is -2.39. The van der Waals surface area contributed by atoms with E-state index in [1.165, 1.54) is 12.1 Å². The number of halogens is 2. The predicted molar refractivity (Wildman–Crippen MR) is 98.2 cm³/mol. The van der Waals surface area contributed by atoms with E-state index in [0.29, 0.717) is 42.3 Å². The van der Waals surface area contributed by atoms with E-state index in [0.717, 1.165) is 5.56 Å². The molecule has 3 rings (SSSR count). The molecule has 1 saturated heterocycles. The van der Waals surface area contributed by atoms with Crippen molar-refractivity contribution >= 4 is 17.6 Å². The fourth-order valence-corrected chi connectivity index (χ4v) is 3.79. The topological polar surface area (TPSA) is 49.8 Å². The van der Waals surface area contributed by atoms with Crippen LogP contribution in [0.2, 0.25) is 5.02 Å². The molecule has 0 saturated carbocycles. The lowest BCUT2D eigenvalue weighted by atomic mass is 9.91. The zero-order chi connectivity index (χ0) is 18.7. The second-order valence-corrected chi connectivity index (χ2v) is 6.93. The van der Waals surface area contributed by atoms with Crippen LogP contribution in [0.4, 0.5) is 4.39 Å². The number of carboxylic acids is 1. The van der Waals surface area contributed by atoms with Crippen molar-refractivity contribution in [1.82, 2.24) is 4.90 Å². The van der Waals surface area contributed by atoms with E-state index < -0.39 is 5.97 Å². The average Bonchev–Trinajstić information content (AvgIpc) is 2.63. The number of benzene rings is 2. The Bertz CT molecular complexity index is 790. The highest BCUT2D eigenvalue weighted by atomic mass is 35.5. The van der Waals surface area contributed by atoms with Crippen molar-refractivity contribution in [2.24, 2.45) is 5.92 Å². The molecule has 0 radical (unpaired) electrons. The highest BCUT2D eigenvalue weighted by Crippen LogP contribution is 2.38. The molecule has 1 aliphatic rings. The molecule has 1 heterocycles. The summed E-state index contributed by atoms with van der Waals surface area (Å²) >= 11 is 6.18. The molecule has 4 nitrogen and oxygen atoms in total. The van der Waals surface area contributed by atoms with Gasteiger partial charge in [0.15, 0.2) is 0 Å². The Balaban J connectivity index is 2.01. The van der Waals surface area contributed by atoms with E-state index in [2.05, 4.69) is 4.90 Å². The number of nitrogens with zero attached hydrogens (tertiary/aromatic N) is 1. The van der Waals surface area contributed by atoms with Crippen LogP contribution >= 0.6 is 11.6 Å². The van der Waals surface area contributed by atoms with Gasteiger partial charge in [0.2, 0.25) is 0 Å². The molecule has 1 N–H and O–H groups in total. The van der Waals surface area contributed by atoms with E-state index >= 15 is 0 Å². The average molecular weight is 378 g/mol. The third kappa shape index (κ3) is 4.00. The molecule has 1 fully saturated rings. The quantitative estimate of drug-likeness (QED) is 0.840. The van der Waals surface area contributed by atoms with Crippen LogP contribution < -0.4 is 4.74 Å². The lowest BCUT2D eigenvalue weighted by molar-refractivity contribution is -0.143. The maximum atomic E-state index is 14.0. The Morgan fingerprint density at radius 2 is 2.00 bits per heavy atom. The molecule has 0 bridgehead atoms. The van der Waals surface area contributed by atoms with Gasteiger partial charge in [-0.05, 0) is 61.8 Å². The monoisotopic (exact) mass is 377 g/mol. The summed E-state index contributed by atoms with van der Waals surface area (Å²) in [5.41, 5.74) is 1.64. The normalized spacial score (nSPS) is 17.0. The van der Waals surface area contributed by atoms with Crippen LogP contribution in [0.25, 0.3) is 0 Å². The maximum Gasteiger partial charge on any atom is 0.306 e. The summed E-state index contributed by atoms with van der Waals surface area (Å²) in [6.07, 6.45) is 1.12. The third-order valence-corrected chi connectivity index (χ3v) is 5.13. The van der Waals surface area contributed by atoms with Crippen molar-refractivity contribution in [3.63, 3.8) is 0 Å². The molecule has 1 aliphatic heterocycles. The zero-order valence-corrected chi connectivity index (χ0v) is 15.2. The fourth-order valence-electron chi connectivity index (χ4n) is 3.59. The molecular weight excluding hydrogens is 357 g/mol. The van der Waals surface area contributed by atoms with Crippen LogP contribution in [0.3, 0.4) is 0 Å². The number of ether oxygens (including phenoxy) is 1. The van der Waals surface area contributed by atoms with Crippen molar-refractivity contribution < 1.29 is 19.0 Å². The van der Waals surface area contributed by atoms with E-state index in [1.807, 2.05) is 18.2 Å². The van der Waals surface area contributed by atoms with Gasteiger partial charge in [-0.25, -0.2) is 4.39 Å². The second-order valence-electron chi connectivity index (χ2n) is 6.49. The standard InChI is InChI=1S/C20H21ClFNO3/c1-26-18-6-5-16(22)12-17(18)19(14-3-2-4-15(21)11-14)23-9-7-13(8-10-23)20(24)25/h2-6,11-13,19H,7-10H2,1H3,(H,24,25). The molecule has 138 valence electrons. The maximum absolute atomic E-state index is 14.0. The van der Waals surface area contributed by atoms with Crippen LogP contribution in [0.5, 0.6) is 5.75 Å². The highest BCUT2D eigenvalue weighted by molar-refractivity contribution is 6.30. The number of aliphatic carboxylic acids is 1. The molecule has 1 unspecified atom stereocenters. The van der Waals surface area contributed by atoms with Gasteiger partial charge in [-0.2, -0.15) is 0 Å². The minimum atomic E-state index is -0.757. The molecule has 0 aromatic heterocycles. The van der Waals surface area contributed by atoms with Gasteiger partial charge in [0.1, 0.15) is 11.6 Å². The number of carboxylic acid groups (broad SMARTS) is 1. The van der Waals surface area contributed by atoms with Crippen LogP contribution in [-0.2, 0) is 4.79 Å². The van der Waals surface area contributed by atoms with Gasteiger partial charge in [-0.15, -0.1) is 0 Å². The minimum Gasteiger partial charge on any atom is -0.496 e. The number of hydrogen-bond donors (Lipinski definition) is 1. The Morgan fingerprint density at radius 3 is 2.62 bits per heavy atom. The van der Waals surface area contributed by atoms with Crippen molar-refractivity contribution in [3.8, 4) is 5.75 Å². The van der Waals surface area contributed by atoms with Gasteiger partial charge in [0.05, 0.1) is 19.1 Å². The Labute approximate surface area is 157 Å². The number of hydrogen-bond acceptors (Lipinski definition) is 3. The van der Waals surface area contributed by atoms with Crippen LogP contribution in [0.15, 0.2) is 42.5 Å². The summed E-state index contributed by atoms with van der Waals surface area (Å²) in [4.78, 5) is 13.4. The largest absolute Gasteiger partial charge is 0.496 e. The van der Waals surface area contributed by atoms with Gasteiger partial charge >= 0.3 is 5.97 Å². The van der Waals surface area contributed by atoms with Gasteiger partial charge < -0.3 is 9.84 Å². The smallest absolute Gasteiger partial charge is 0.306 e. The first-order valence-electron chi connectivity index (χ1n) is 8.55. The third-order valence-electron chi connectivity index (χ3n) is 4.89. The molecule has 0 aliphatic carbocycles. The van der Waals surface area contributed by atoms with Crippen molar-refractivity contribution in [3.05, 3.63) is 64.4 Å².